The maximum atomic E-state index is 13.3. The summed E-state index contributed by atoms with van der Waals surface area (Å²) in [6.07, 6.45) is 0.854. The van der Waals surface area contributed by atoms with Gasteiger partial charge in [-0.05, 0) is 49.1 Å². The molecule has 43 heavy (non-hydrogen) atoms. The van der Waals surface area contributed by atoms with Gasteiger partial charge in [0.15, 0.2) is 5.76 Å². The summed E-state index contributed by atoms with van der Waals surface area (Å²) in [6, 6.07) is 33.3. The molecule has 0 radical (unpaired) electrons. The zero-order chi connectivity index (χ0) is 30.2. The van der Waals surface area contributed by atoms with Crippen LogP contribution in [0.5, 0.6) is 0 Å². The van der Waals surface area contributed by atoms with Crippen LogP contribution in [0, 0.1) is 0 Å². The van der Waals surface area contributed by atoms with Crippen molar-refractivity contribution in [2.24, 2.45) is 0 Å². The van der Waals surface area contributed by atoms with E-state index in [1.165, 1.54) is 16.0 Å². The fraction of sp³-hybridized carbons (Fsp3) is 0.250. The molecule has 1 N–H and O–H groups in total. The van der Waals surface area contributed by atoms with Crippen molar-refractivity contribution in [1.82, 2.24) is 10.2 Å². The minimum absolute atomic E-state index is 0.104. The van der Waals surface area contributed by atoms with Gasteiger partial charge in [0.25, 0.3) is 5.91 Å². The van der Waals surface area contributed by atoms with Crippen LogP contribution < -0.4 is 5.32 Å². The number of ether oxygens (including phenoxy) is 1. The Balaban J connectivity index is 1.27. The van der Waals surface area contributed by atoms with Crippen LogP contribution in [0.4, 0.5) is 0 Å². The Morgan fingerprint density at radius 1 is 0.907 bits per heavy atom. The average molecular weight is 577 g/mol. The van der Waals surface area contributed by atoms with Crippen LogP contribution in [-0.2, 0) is 20.9 Å². The van der Waals surface area contributed by atoms with Gasteiger partial charge in [0, 0.05) is 30.5 Å². The zero-order valence-corrected chi connectivity index (χ0v) is 24.5. The van der Waals surface area contributed by atoms with Crippen molar-refractivity contribution in [3.05, 3.63) is 143 Å². The van der Waals surface area contributed by atoms with Crippen molar-refractivity contribution in [3.8, 4) is 0 Å². The van der Waals surface area contributed by atoms with Crippen LogP contribution >= 0.6 is 0 Å². The fourth-order valence-electron chi connectivity index (χ4n) is 5.70. The van der Waals surface area contributed by atoms with Gasteiger partial charge in [-0.3, -0.25) is 9.59 Å². The van der Waals surface area contributed by atoms with E-state index in [2.05, 4.69) is 29.6 Å². The summed E-state index contributed by atoms with van der Waals surface area (Å²) in [6.45, 7) is 4.31. The van der Waals surface area contributed by atoms with E-state index in [-0.39, 0.29) is 43.1 Å². The van der Waals surface area contributed by atoms with E-state index in [0.29, 0.717) is 23.6 Å². The molecule has 2 amide bonds. The van der Waals surface area contributed by atoms with Crippen molar-refractivity contribution in [3.63, 3.8) is 0 Å². The van der Waals surface area contributed by atoms with Gasteiger partial charge in [-0.1, -0.05) is 91.0 Å². The molecule has 1 aromatic heterocycles. The molecule has 7 heteroatoms. The lowest BCUT2D eigenvalue weighted by atomic mass is 9.83. The van der Waals surface area contributed by atoms with Crippen molar-refractivity contribution < 1.29 is 23.5 Å². The lowest BCUT2D eigenvalue weighted by Gasteiger charge is -2.34. The summed E-state index contributed by atoms with van der Waals surface area (Å²) in [4.78, 5) is 40.9. The van der Waals surface area contributed by atoms with Crippen LogP contribution in [0.15, 0.2) is 119 Å². The number of carbonyl (C=O) groups excluding carboxylic acids is 3. The Kier molecular flexibility index (Phi) is 9.52. The standard InChI is InChI=1S/C36H36N2O5/c1-3-42-36(41)34-25(2)38(33(39)23-31(34)28-17-11-6-12-18-28)24-29-19-20-32(43-29)35(40)37-22-21-30(26-13-7-4-8-14-26)27-15-9-5-10-16-27/h4-20,30-31H,3,21-24H2,1-2H3,(H,37,40). The van der Waals surface area contributed by atoms with Gasteiger partial charge in [0.05, 0.1) is 18.7 Å². The highest BCUT2D eigenvalue weighted by Gasteiger charge is 2.37. The first-order valence-electron chi connectivity index (χ1n) is 14.7. The highest BCUT2D eigenvalue weighted by Crippen LogP contribution is 2.37. The highest BCUT2D eigenvalue weighted by molar-refractivity contribution is 5.96. The van der Waals surface area contributed by atoms with Gasteiger partial charge >= 0.3 is 5.97 Å². The van der Waals surface area contributed by atoms with Gasteiger partial charge in [-0.25, -0.2) is 4.79 Å². The molecule has 0 aliphatic carbocycles. The summed E-state index contributed by atoms with van der Waals surface area (Å²) < 4.78 is 11.3. The average Bonchev–Trinajstić information content (AvgIpc) is 3.51. The number of benzene rings is 3. The quantitative estimate of drug-likeness (QED) is 0.204. The monoisotopic (exact) mass is 576 g/mol. The van der Waals surface area contributed by atoms with E-state index in [4.69, 9.17) is 9.15 Å². The third kappa shape index (κ3) is 6.95. The van der Waals surface area contributed by atoms with Crippen molar-refractivity contribution >= 4 is 17.8 Å². The molecule has 0 bridgehead atoms. The molecule has 220 valence electrons. The van der Waals surface area contributed by atoms with Crippen LogP contribution in [-0.4, -0.2) is 35.8 Å². The molecule has 3 aromatic carbocycles. The number of hydrogen-bond acceptors (Lipinski definition) is 5. The lowest BCUT2D eigenvalue weighted by Crippen LogP contribution is -2.38. The van der Waals surface area contributed by atoms with Crippen LogP contribution in [0.25, 0.3) is 0 Å². The van der Waals surface area contributed by atoms with Gasteiger partial charge in [-0.2, -0.15) is 0 Å². The predicted octanol–water partition coefficient (Wildman–Crippen LogP) is 6.58. The molecular weight excluding hydrogens is 540 g/mol. The Hall–Kier alpha value is -4.91. The summed E-state index contributed by atoms with van der Waals surface area (Å²) in [5.74, 6) is -0.513. The van der Waals surface area contributed by atoms with Crippen LogP contribution in [0.3, 0.4) is 0 Å². The number of esters is 1. The largest absolute Gasteiger partial charge is 0.463 e. The molecule has 0 fully saturated rings. The lowest BCUT2D eigenvalue weighted by molar-refractivity contribution is -0.140. The molecule has 1 aliphatic rings. The number of hydrogen-bond donors (Lipinski definition) is 1. The molecule has 0 saturated carbocycles. The van der Waals surface area contributed by atoms with E-state index in [1.54, 1.807) is 26.0 Å². The van der Waals surface area contributed by atoms with E-state index in [1.807, 2.05) is 66.7 Å². The van der Waals surface area contributed by atoms with Crippen LogP contribution in [0.1, 0.15) is 71.5 Å². The first-order chi connectivity index (χ1) is 21.0. The highest BCUT2D eigenvalue weighted by atomic mass is 16.5. The summed E-state index contributed by atoms with van der Waals surface area (Å²) in [7, 11) is 0. The van der Waals surface area contributed by atoms with Gasteiger partial charge < -0.3 is 19.4 Å². The van der Waals surface area contributed by atoms with Gasteiger partial charge in [0.2, 0.25) is 5.91 Å². The molecule has 0 spiro atoms. The number of amides is 2. The summed E-state index contributed by atoms with van der Waals surface area (Å²) in [5.41, 5.74) is 4.25. The first kappa shape index (κ1) is 29.6. The van der Waals surface area contributed by atoms with Gasteiger partial charge in [-0.15, -0.1) is 0 Å². The third-order valence-electron chi connectivity index (χ3n) is 7.84. The Labute approximate surface area is 252 Å². The SMILES string of the molecule is CCOC(=O)C1=C(C)N(Cc2ccc(C(=O)NCCC(c3ccccc3)c3ccccc3)o2)C(=O)CC1c1ccccc1. The minimum Gasteiger partial charge on any atom is -0.463 e. The molecule has 0 saturated heterocycles. The van der Waals surface area contributed by atoms with Crippen LogP contribution in [0.2, 0.25) is 0 Å². The third-order valence-corrected chi connectivity index (χ3v) is 7.84. The maximum absolute atomic E-state index is 13.3. The Bertz CT molecular complexity index is 1540. The van der Waals surface area contributed by atoms with Crippen molar-refractivity contribution in [1.29, 1.82) is 0 Å². The fourth-order valence-corrected chi connectivity index (χ4v) is 5.70. The molecule has 2 heterocycles. The second-order valence-corrected chi connectivity index (χ2v) is 10.6. The maximum Gasteiger partial charge on any atom is 0.336 e. The van der Waals surface area contributed by atoms with Crippen molar-refractivity contribution in [2.75, 3.05) is 13.2 Å². The second-order valence-electron chi connectivity index (χ2n) is 10.6. The molecule has 1 aliphatic heterocycles. The van der Waals surface area contributed by atoms with E-state index in [9.17, 15) is 14.4 Å². The minimum atomic E-state index is -0.435. The molecule has 1 atom stereocenters. The predicted molar refractivity (Wildman–Crippen MR) is 164 cm³/mol. The molecule has 1 unspecified atom stereocenters. The van der Waals surface area contributed by atoms with Gasteiger partial charge in [0.1, 0.15) is 5.76 Å². The number of carbonyl (C=O) groups is 3. The summed E-state index contributed by atoms with van der Waals surface area (Å²) in [5, 5.41) is 2.98. The zero-order valence-electron chi connectivity index (χ0n) is 24.5. The Morgan fingerprint density at radius 2 is 1.51 bits per heavy atom. The molecule has 7 nitrogen and oxygen atoms in total. The number of rotatable bonds is 11. The molecular formula is C36H36N2O5. The molecule has 4 aromatic rings. The number of furan rings is 1. The van der Waals surface area contributed by atoms with E-state index >= 15 is 0 Å². The molecule has 5 rings (SSSR count). The smallest absolute Gasteiger partial charge is 0.336 e. The number of nitrogens with zero attached hydrogens (tertiary/aromatic N) is 1. The summed E-state index contributed by atoms with van der Waals surface area (Å²) >= 11 is 0. The Morgan fingerprint density at radius 3 is 2.12 bits per heavy atom. The normalized spacial score (nSPS) is 15.1. The van der Waals surface area contributed by atoms with Crippen molar-refractivity contribution in [2.45, 2.75) is 45.1 Å². The number of nitrogens with one attached hydrogen (secondary N) is 1. The van der Waals surface area contributed by atoms with E-state index < -0.39 is 11.9 Å². The second kappa shape index (κ2) is 13.8. The first-order valence-corrected chi connectivity index (χ1v) is 14.7. The van der Waals surface area contributed by atoms with E-state index in [0.717, 1.165) is 12.0 Å². The number of allylic oxidation sites excluding steroid dienone is 1. The topological polar surface area (TPSA) is 88.8 Å².